The first-order valence-corrected chi connectivity index (χ1v) is 9.04. The lowest BCUT2D eigenvalue weighted by Gasteiger charge is -2.35. The van der Waals surface area contributed by atoms with Crippen LogP contribution in [0, 0.1) is 5.41 Å². The van der Waals surface area contributed by atoms with E-state index in [0.29, 0.717) is 13.0 Å². The summed E-state index contributed by atoms with van der Waals surface area (Å²) in [5.74, 6) is 1.01. The van der Waals surface area contributed by atoms with Gasteiger partial charge in [0.05, 0.1) is 13.2 Å². The van der Waals surface area contributed by atoms with E-state index in [0.717, 1.165) is 18.8 Å². The van der Waals surface area contributed by atoms with Crippen molar-refractivity contribution >= 4 is 5.91 Å². The SMILES string of the molecule is COc1ccc(C(CNC(=O)CC(C)(C)C)N2CCCCC2)cc1. The van der Waals surface area contributed by atoms with Crippen molar-refractivity contribution in [3.05, 3.63) is 29.8 Å². The Morgan fingerprint density at radius 1 is 1.17 bits per heavy atom. The van der Waals surface area contributed by atoms with Gasteiger partial charge in [-0.2, -0.15) is 0 Å². The zero-order chi connectivity index (χ0) is 17.6. The lowest BCUT2D eigenvalue weighted by molar-refractivity contribution is -0.123. The summed E-state index contributed by atoms with van der Waals surface area (Å²) in [6.45, 7) is 9.16. The number of likely N-dealkylation sites (tertiary alicyclic amines) is 1. The minimum Gasteiger partial charge on any atom is -0.497 e. The maximum atomic E-state index is 12.2. The summed E-state index contributed by atoms with van der Waals surface area (Å²) in [7, 11) is 1.68. The zero-order valence-electron chi connectivity index (χ0n) is 15.6. The van der Waals surface area contributed by atoms with Crippen molar-refractivity contribution in [2.75, 3.05) is 26.7 Å². The molecule has 1 amide bonds. The molecule has 1 aromatic carbocycles. The van der Waals surface area contributed by atoms with Gasteiger partial charge in [0.2, 0.25) is 5.91 Å². The van der Waals surface area contributed by atoms with Crippen LogP contribution >= 0.6 is 0 Å². The highest BCUT2D eigenvalue weighted by Gasteiger charge is 2.24. The number of methoxy groups -OCH3 is 1. The van der Waals surface area contributed by atoms with Crippen molar-refractivity contribution < 1.29 is 9.53 Å². The Bertz CT molecular complexity index is 513. The van der Waals surface area contributed by atoms with Crippen LogP contribution in [0.4, 0.5) is 0 Å². The number of piperidine rings is 1. The molecule has 1 aliphatic heterocycles. The Kier molecular flexibility index (Phi) is 6.67. The summed E-state index contributed by atoms with van der Waals surface area (Å²) in [5.41, 5.74) is 1.26. The number of hydrogen-bond donors (Lipinski definition) is 1. The number of amides is 1. The monoisotopic (exact) mass is 332 g/mol. The normalized spacial score (nSPS) is 17.3. The van der Waals surface area contributed by atoms with E-state index in [1.807, 2.05) is 12.1 Å². The molecule has 2 rings (SSSR count). The van der Waals surface area contributed by atoms with Crippen molar-refractivity contribution in [2.45, 2.75) is 52.5 Å². The minimum atomic E-state index is 0.0187. The van der Waals surface area contributed by atoms with Crippen LogP contribution in [0.15, 0.2) is 24.3 Å². The van der Waals surface area contributed by atoms with Gasteiger partial charge in [-0.25, -0.2) is 0 Å². The molecule has 1 fully saturated rings. The maximum absolute atomic E-state index is 12.2. The van der Waals surface area contributed by atoms with Crippen molar-refractivity contribution in [2.24, 2.45) is 5.41 Å². The predicted molar refractivity (Wildman–Crippen MR) is 98.2 cm³/mol. The lowest BCUT2D eigenvalue weighted by Crippen LogP contribution is -2.41. The van der Waals surface area contributed by atoms with E-state index >= 15 is 0 Å². The predicted octanol–water partition coefficient (Wildman–Crippen LogP) is 3.77. The second-order valence-electron chi connectivity index (χ2n) is 7.93. The fourth-order valence-corrected chi connectivity index (χ4v) is 3.27. The van der Waals surface area contributed by atoms with E-state index in [9.17, 15) is 4.79 Å². The molecular weight excluding hydrogens is 300 g/mol. The third-order valence-electron chi connectivity index (χ3n) is 4.52. The standard InChI is InChI=1S/C20H32N2O2/c1-20(2,3)14-19(23)21-15-18(22-12-6-5-7-13-22)16-8-10-17(24-4)11-9-16/h8-11,18H,5-7,12-15H2,1-4H3,(H,21,23). The number of rotatable bonds is 6. The molecule has 1 aromatic rings. The van der Waals surface area contributed by atoms with Crippen molar-refractivity contribution in [1.82, 2.24) is 10.2 Å². The molecule has 0 bridgehead atoms. The van der Waals surface area contributed by atoms with Gasteiger partial charge in [0, 0.05) is 13.0 Å². The van der Waals surface area contributed by atoms with E-state index in [4.69, 9.17) is 4.74 Å². The fraction of sp³-hybridized carbons (Fsp3) is 0.650. The molecule has 134 valence electrons. The van der Waals surface area contributed by atoms with E-state index in [1.165, 1.54) is 24.8 Å². The zero-order valence-corrected chi connectivity index (χ0v) is 15.6. The van der Waals surface area contributed by atoms with Crippen molar-refractivity contribution in [3.63, 3.8) is 0 Å². The highest BCUT2D eigenvalue weighted by atomic mass is 16.5. The van der Waals surface area contributed by atoms with Crippen LogP contribution in [0.3, 0.4) is 0 Å². The van der Waals surface area contributed by atoms with E-state index in [-0.39, 0.29) is 17.4 Å². The van der Waals surface area contributed by atoms with Crippen LogP contribution in [-0.2, 0) is 4.79 Å². The molecular formula is C20H32N2O2. The average molecular weight is 332 g/mol. The van der Waals surface area contributed by atoms with E-state index in [2.05, 4.69) is 43.1 Å². The van der Waals surface area contributed by atoms with Crippen molar-refractivity contribution in [3.8, 4) is 5.75 Å². The van der Waals surface area contributed by atoms with E-state index in [1.54, 1.807) is 7.11 Å². The number of hydrogen-bond acceptors (Lipinski definition) is 3. The quantitative estimate of drug-likeness (QED) is 0.862. The second kappa shape index (κ2) is 8.52. The Labute approximate surface area is 146 Å². The molecule has 0 radical (unpaired) electrons. The lowest BCUT2D eigenvalue weighted by atomic mass is 9.92. The molecule has 24 heavy (non-hydrogen) atoms. The van der Waals surface area contributed by atoms with Gasteiger partial charge in [-0.05, 0) is 49.0 Å². The molecule has 4 nitrogen and oxygen atoms in total. The van der Waals surface area contributed by atoms with Crippen LogP contribution in [0.25, 0.3) is 0 Å². The molecule has 0 aromatic heterocycles. The molecule has 0 spiro atoms. The van der Waals surface area contributed by atoms with Crippen LogP contribution in [0.2, 0.25) is 0 Å². The smallest absolute Gasteiger partial charge is 0.220 e. The Morgan fingerprint density at radius 2 is 1.79 bits per heavy atom. The molecule has 0 aliphatic carbocycles. The Balaban J connectivity index is 2.06. The summed E-state index contributed by atoms with van der Waals surface area (Å²) in [5, 5.41) is 3.15. The number of ether oxygens (including phenoxy) is 1. The van der Waals surface area contributed by atoms with Gasteiger partial charge in [0.1, 0.15) is 5.75 Å². The number of carbonyl (C=O) groups excluding carboxylic acids is 1. The number of carbonyl (C=O) groups is 1. The fourth-order valence-electron chi connectivity index (χ4n) is 3.27. The molecule has 4 heteroatoms. The van der Waals surface area contributed by atoms with Crippen LogP contribution < -0.4 is 10.1 Å². The van der Waals surface area contributed by atoms with Crippen molar-refractivity contribution in [1.29, 1.82) is 0 Å². The van der Waals surface area contributed by atoms with Crippen LogP contribution in [-0.4, -0.2) is 37.6 Å². The van der Waals surface area contributed by atoms with Gasteiger partial charge in [0.15, 0.2) is 0 Å². The van der Waals surface area contributed by atoms with Gasteiger partial charge in [-0.3, -0.25) is 9.69 Å². The van der Waals surface area contributed by atoms with Gasteiger partial charge >= 0.3 is 0 Å². The average Bonchev–Trinajstić information content (AvgIpc) is 2.55. The van der Waals surface area contributed by atoms with E-state index < -0.39 is 0 Å². The largest absolute Gasteiger partial charge is 0.497 e. The Morgan fingerprint density at radius 3 is 2.33 bits per heavy atom. The summed E-state index contributed by atoms with van der Waals surface area (Å²) in [6, 6.07) is 8.48. The molecule has 1 aliphatic rings. The highest BCUT2D eigenvalue weighted by molar-refractivity contribution is 5.76. The molecule has 1 N–H and O–H groups in total. The third kappa shape index (κ3) is 5.82. The summed E-state index contributed by atoms with van der Waals surface area (Å²) < 4.78 is 5.26. The summed E-state index contributed by atoms with van der Waals surface area (Å²) in [6.07, 6.45) is 4.34. The molecule has 1 unspecified atom stereocenters. The molecule has 1 heterocycles. The number of nitrogens with zero attached hydrogens (tertiary/aromatic N) is 1. The first-order valence-electron chi connectivity index (χ1n) is 9.04. The summed E-state index contributed by atoms with van der Waals surface area (Å²) >= 11 is 0. The van der Waals surface area contributed by atoms with Crippen LogP contribution in [0.5, 0.6) is 5.75 Å². The molecule has 1 atom stereocenters. The first-order chi connectivity index (χ1) is 11.4. The first kappa shape index (κ1) is 18.8. The minimum absolute atomic E-state index is 0.0187. The van der Waals surface area contributed by atoms with Gasteiger partial charge in [0.25, 0.3) is 0 Å². The molecule has 1 saturated heterocycles. The maximum Gasteiger partial charge on any atom is 0.220 e. The number of benzene rings is 1. The topological polar surface area (TPSA) is 41.6 Å². The Hall–Kier alpha value is -1.55. The van der Waals surface area contributed by atoms with Gasteiger partial charge < -0.3 is 10.1 Å². The van der Waals surface area contributed by atoms with Gasteiger partial charge in [-0.15, -0.1) is 0 Å². The molecule has 0 saturated carbocycles. The summed E-state index contributed by atoms with van der Waals surface area (Å²) in [4.78, 5) is 14.7. The number of nitrogens with one attached hydrogen (secondary N) is 1. The van der Waals surface area contributed by atoms with Crippen LogP contribution in [0.1, 0.15) is 58.1 Å². The second-order valence-corrected chi connectivity index (χ2v) is 7.93. The van der Waals surface area contributed by atoms with Gasteiger partial charge in [-0.1, -0.05) is 39.3 Å². The third-order valence-corrected chi connectivity index (χ3v) is 4.52. The highest BCUT2D eigenvalue weighted by Crippen LogP contribution is 2.26.